The third-order valence-corrected chi connectivity index (χ3v) is 2.30. The van der Waals surface area contributed by atoms with Crippen LogP contribution < -0.4 is 5.32 Å². The van der Waals surface area contributed by atoms with Crippen LogP contribution in [0.5, 0.6) is 0 Å². The molecule has 0 saturated heterocycles. The van der Waals surface area contributed by atoms with Crippen LogP contribution >= 0.6 is 0 Å². The summed E-state index contributed by atoms with van der Waals surface area (Å²) in [6.07, 6.45) is 2.93. The fraction of sp³-hybridized carbons (Fsp3) is 0.800. The topological polar surface area (TPSA) is 86.6 Å². The Kier molecular flexibility index (Phi) is 6.70. The molecule has 0 aliphatic rings. The Balaban J connectivity index is 4.05. The van der Waals surface area contributed by atoms with Crippen LogP contribution in [0.1, 0.15) is 33.1 Å². The maximum absolute atomic E-state index is 10.8. The zero-order valence-corrected chi connectivity index (χ0v) is 9.19. The highest BCUT2D eigenvalue weighted by atomic mass is 16.4. The van der Waals surface area contributed by atoms with E-state index in [2.05, 4.69) is 12.2 Å². The minimum absolute atomic E-state index is 0.544. The van der Waals surface area contributed by atoms with Crippen LogP contribution in [-0.2, 0) is 9.59 Å². The second-order valence-corrected chi connectivity index (χ2v) is 3.60. The van der Waals surface area contributed by atoms with Gasteiger partial charge in [0.25, 0.3) is 0 Å². The molecule has 5 heteroatoms. The summed E-state index contributed by atoms with van der Waals surface area (Å²) in [6, 6.07) is -1.00. The highest BCUT2D eigenvalue weighted by molar-refractivity contribution is 5.82. The van der Waals surface area contributed by atoms with E-state index in [1.54, 1.807) is 0 Å². The van der Waals surface area contributed by atoms with Crippen LogP contribution in [0.25, 0.3) is 0 Å². The van der Waals surface area contributed by atoms with E-state index >= 15 is 0 Å². The Morgan fingerprint density at radius 1 is 1.20 bits per heavy atom. The van der Waals surface area contributed by atoms with Crippen molar-refractivity contribution in [2.24, 2.45) is 5.92 Å². The molecule has 0 amide bonds. The number of carboxylic acid groups (broad SMARTS) is 2. The van der Waals surface area contributed by atoms with Crippen LogP contribution in [0.3, 0.4) is 0 Å². The van der Waals surface area contributed by atoms with Gasteiger partial charge in [-0.3, -0.25) is 9.59 Å². The van der Waals surface area contributed by atoms with E-state index in [9.17, 15) is 9.59 Å². The van der Waals surface area contributed by atoms with Gasteiger partial charge in [0.1, 0.15) is 6.04 Å². The van der Waals surface area contributed by atoms with Crippen LogP contribution in [0.15, 0.2) is 0 Å². The van der Waals surface area contributed by atoms with E-state index in [-0.39, 0.29) is 0 Å². The van der Waals surface area contributed by atoms with Gasteiger partial charge in [-0.25, -0.2) is 0 Å². The highest BCUT2D eigenvalue weighted by Crippen LogP contribution is 2.04. The van der Waals surface area contributed by atoms with E-state index in [1.165, 1.54) is 6.92 Å². The van der Waals surface area contributed by atoms with Gasteiger partial charge in [-0.2, -0.15) is 0 Å². The zero-order chi connectivity index (χ0) is 11.8. The number of hydrogen-bond acceptors (Lipinski definition) is 3. The lowest BCUT2D eigenvalue weighted by molar-refractivity contribution is -0.150. The molecule has 0 aliphatic carbocycles. The Labute approximate surface area is 89.5 Å². The molecule has 0 aromatic carbocycles. The average molecular weight is 217 g/mol. The van der Waals surface area contributed by atoms with Crippen molar-refractivity contribution in [3.8, 4) is 0 Å². The predicted octanol–water partition coefficient (Wildman–Crippen LogP) is 0.940. The van der Waals surface area contributed by atoms with Crippen LogP contribution in [0, 0.1) is 5.92 Å². The minimum Gasteiger partial charge on any atom is -0.481 e. The largest absolute Gasteiger partial charge is 0.481 e. The maximum Gasteiger partial charge on any atom is 0.321 e. The molecule has 2 unspecified atom stereocenters. The first-order chi connectivity index (χ1) is 7.00. The second kappa shape index (κ2) is 7.23. The molecule has 0 aromatic rings. The number of nitrogens with one attached hydrogen (secondary N) is 1. The third-order valence-electron chi connectivity index (χ3n) is 2.30. The fourth-order valence-corrected chi connectivity index (χ4v) is 1.25. The molecule has 3 N–H and O–H groups in total. The van der Waals surface area contributed by atoms with Gasteiger partial charge >= 0.3 is 11.9 Å². The van der Waals surface area contributed by atoms with Gasteiger partial charge in [-0.15, -0.1) is 0 Å². The average Bonchev–Trinajstić information content (AvgIpc) is 2.16. The first kappa shape index (κ1) is 13.9. The molecule has 0 radical (unpaired) electrons. The number of carboxylic acids is 2. The number of aliphatic carboxylic acids is 2. The summed E-state index contributed by atoms with van der Waals surface area (Å²) in [5.74, 6) is -3.11. The Hall–Kier alpha value is -1.10. The third kappa shape index (κ3) is 5.37. The molecule has 2 atom stereocenters. The summed E-state index contributed by atoms with van der Waals surface area (Å²) in [4.78, 5) is 21.4. The molecule has 88 valence electrons. The summed E-state index contributed by atoms with van der Waals surface area (Å²) in [5.41, 5.74) is 0. The number of rotatable bonds is 8. The van der Waals surface area contributed by atoms with Gasteiger partial charge in [0, 0.05) is 0 Å². The molecule has 0 heterocycles. The maximum atomic E-state index is 10.8. The number of carbonyl (C=O) groups is 2. The van der Waals surface area contributed by atoms with E-state index in [4.69, 9.17) is 10.2 Å². The summed E-state index contributed by atoms with van der Waals surface area (Å²) in [6.45, 7) is 3.99. The lowest BCUT2D eigenvalue weighted by atomic mass is 10.0. The predicted molar refractivity (Wildman–Crippen MR) is 55.8 cm³/mol. The highest BCUT2D eigenvalue weighted by Gasteiger charge is 2.28. The van der Waals surface area contributed by atoms with E-state index in [0.717, 1.165) is 19.3 Å². The fourth-order valence-electron chi connectivity index (χ4n) is 1.25. The van der Waals surface area contributed by atoms with Crippen molar-refractivity contribution in [3.05, 3.63) is 0 Å². The van der Waals surface area contributed by atoms with Crippen molar-refractivity contribution < 1.29 is 19.8 Å². The summed E-state index contributed by atoms with van der Waals surface area (Å²) in [7, 11) is 0. The van der Waals surface area contributed by atoms with Crippen LogP contribution in [0.2, 0.25) is 0 Å². The van der Waals surface area contributed by atoms with Crippen molar-refractivity contribution in [1.29, 1.82) is 0 Å². The van der Waals surface area contributed by atoms with Crippen molar-refractivity contribution in [2.45, 2.75) is 39.2 Å². The summed E-state index contributed by atoms with van der Waals surface area (Å²) < 4.78 is 0. The van der Waals surface area contributed by atoms with Gasteiger partial charge in [-0.05, 0) is 19.9 Å². The molecule has 5 nitrogen and oxygen atoms in total. The number of hydrogen-bond donors (Lipinski definition) is 3. The van der Waals surface area contributed by atoms with E-state index < -0.39 is 23.9 Å². The molecule has 0 aliphatic heterocycles. The standard InChI is InChI=1S/C10H19NO4/c1-3-4-5-6-11-8(10(14)15)7(2)9(12)13/h7-8,11H,3-6H2,1-2H3,(H,12,13)(H,14,15). The molecule has 0 spiro atoms. The first-order valence-corrected chi connectivity index (χ1v) is 5.19. The molecule has 0 rings (SSSR count). The lowest BCUT2D eigenvalue weighted by Crippen LogP contribution is -2.45. The van der Waals surface area contributed by atoms with E-state index in [0.29, 0.717) is 6.54 Å². The van der Waals surface area contributed by atoms with Gasteiger partial charge in [0.15, 0.2) is 0 Å². The molecule has 15 heavy (non-hydrogen) atoms. The van der Waals surface area contributed by atoms with Crippen molar-refractivity contribution >= 4 is 11.9 Å². The first-order valence-electron chi connectivity index (χ1n) is 5.19. The van der Waals surface area contributed by atoms with Crippen LogP contribution in [0.4, 0.5) is 0 Å². The molecular weight excluding hydrogens is 198 g/mol. The van der Waals surface area contributed by atoms with Crippen molar-refractivity contribution in [2.75, 3.05) is 6.54 Å². The second-order valence-electron chi connectivity index (χ2n) is 3.60. The van der Waals surface area contributed by atoms with Gasteiger partial charge < -0.3 is 15.5 Å². The van der Waals surface area contributed by atoms with Crippen molar-refractivity contribution in [3.63, 3.8) is 0 Å². The van der Waals surface area contributed by atoms with Crippen LogP contribution in [-0.4, -0.2) is 34.7 Å². The molecule has 0 bridgehead atoms. The van der Waals surface area contributed by atoms with Gasteiger partial charge in [0.05, 0.1) is 5.92 Å². The van der Waals surface area contributed by atoms with Gasteiger partial charge in [-0.1, -0.05) is 19.8 Å². The molecule has 0 fully saturated rings. The normalized spacial score (nSPS) is 14.5. The molecule has 0 saturated carbocycles. The summed E-state index contributed by atoms with van der Waals surface area (Å²) in [5, 5.41) is 20.3. The smallest absolute Gasteiger partial charge is 0.321 e. The summed E-state index contributed by atoms with van der Waals surface area (Å²) >= 11 is 0. The van der Waals surface area contributed by atoms with Gasteiger partial charge in [0.2, 0.25) is 0 Å². The zero-order valence-electron chi connectivity index (χ0n) is 9.19. The SMILES string of the molecule is CCCCCNC(C(=O)O)C(C)C(=O)O. The Bertz CT molecular complexity index is 217. The Morgan fingerprint density at radius 3 is 2.20 bits per heavy atom. The minimum atomic E-state index is -1.11. The van der Waals surface area contributed by atoms with E-state index in [1.807, 2.05) is 0 Å². The molecule has 0 aromatic heterocycles. The number of unbranched alkanes of at least 4 members (excludes halogenated alkanes) is 2. The Morgan fingerprint density at radius 2 is 1.80 bits per heavy atom. The monoisotopic (exact) mass is 217 g/mol. The molecular formula is C10H19NO4. The quantitative estimate of drug-likeness (QED) is 0.527. The van der Waals surface area contributed by atoms with Crippen molar-refractivity contribution in [1.82, 2.24) is 5.32 Å². The lowest BCUT2D eigenvalue weighted by Gasteiger charge is -2.17.